The lowest BCUT2D eigenvalue weighted by molar-refractivity contribution is -0.121. The first-order chi connectivity index (χ1) is 6.52. The van der Waals surface area contributed by atoms with Crippen molar-refractivity contribution in [3.63, 3.8) is 0 Å². The van der Waals surface area contributed by atoms with Crippen LogP contribution in [0.5, 0.6) is 0 Å². The molecule has 0 saturated heterocycles. The molecular weight excluding hydrogens is 176 g/mol. The molecule has 1 amide bonds. The predicted octanol–water partition coefficient (Wildman–Crippen LogP) is 0.904. The van der Waals surface area contributed by atoms with Gasteiger partial charge in [0.2, 0.25) is 5.91 Å². The molecule has 0 spiro atoms. The van der Waals surface area contributed by atoms with Crippen molar-refractivity contribution in [3.05, 3.63) is 0 Å². The average Bonchev–Trinajstić information content (AvgIpc) is 2.12. The maximum atomic E-state index is 11.4. The summed E-state index contributed by atoms with van der Waals surface area (Å²) in [5, 5.41) is 5.91. The lowest BCUT2D eigenvalue weighted by Gasteiger charge is -2.24. The molecule has 0 saturated carbocycles. The summed E-state index contributed by atoms with van der Waals surface area (Å²) in [7, 11) is 0. The number of hydrogen-bond acceptors (Lipinski definition) is 2. The van der Waals surface area contributed by atoms with E-state index >= 15 is 0 Å². The van der Waals surface area contributed by atoms with Crippen molar-refractivity contribution in [2.75, 3.05) is 13.1 Å². The summed E-state index contributed by atoms with van der Waals surface area (Å²) >= 11 is 0. The second-order valence-corrected chi connectivity index (χ2v) is 3.92. The average molecular weight is 196 g/mol. The van der Waals surface area contributed by atoms with Crippen LogP contribution >= 0.6 is 0 Å². The van der Waals surface area contributed by atoms with Crippen LogP contribution in [0.3, 0.4) is 0 Å². The second kappa shape index (κ2) is 6.44. The van der Waals surface area contributed by atoms with E-state index in [9.17, 15) is 4.79 Å². The van der Waals surface area contributed by atoms with E-state index in [4.69, 9.17) is 6.42 Å². The summed E-state index contributed by atoms with van der Waals surface area (Å²) < 4.78 is 0. The van der Waals surface area contributed by atoms with Crippen LogP contribution in [-0.2, 0) is 4.79 Å². The predicted molar refractivity (Wildman–Crippen MR) is 58.8 cm³/mol. The van der Waals surface area contributed by atoms with E-state index in [2.05, 4.69) is 16.6 Å². The van der Waals surface area contributed by atoms with Crippen LogP contribution < -0.4 is 10.6 Å². The van der Waals surface area contributed by atoms with Crippen molar-refractivity contribution in [2.45, 2.75) is 39.2 Å². The van der Waals surface area contributed by atoms with Gasteiger partial charge >= 0.3 is 0 Å². The Morgan fingerprint density at radius 2 is 2.14 bits per heavy atom. The quantitative estimate of drug-likeness (QED) is 0.489. The maximum absolute atomic E-state index is 11.4. The van der Waals surface area contributed by atoms with E-state index in [1.807, 2.05) is 20.8 Å². The smallest absolute Gasteiger partial charge is 0.234 e. The standard InChI is InChI=1S/C11H20N2O/c1-5-7-8-12-9-10(14)13-11(3,4)6-2/h1,12H,6-9H2,2-4H3,(H,13,14). The highest BCUT2D eigenvalue weighted by molar-refractivity contribution is 5.78. The zero-order valence-electron chi connectivity index (χ0n) is 9.31. The van der Waals surface area contributed by atoms with Crippen molar-refractivity contribution < 1.29 is 4.79 Å². The monoisotopic (exact) mass is 196 g/mol. The van der Waals surface area contributed by atoms with Crippen molar-refractivity contribution in [1.29, 1.82) is 0 Å². The Hall–Kier alpha value is -1.01. The summed E-state index contributed by atoms with van der Waals surface area (Å²) in [6.07, 6.45) is 6.66. The number of hydrogen-bond donors (Lipinski definition) is 2. The molecule has 0 aromatic heterocycles. The van der Waals surface area contributed by atoms with Gasteiger partial charge in [-0.2, -0.15) is 0 Å². The molecule has 0 rings (SSSR count). The van der Waals surface area contributed by atoms with Crippen LogP contribution in [0.15, 0.2) is 0 Å². The third-order valence-electron chi connectivity index (χ3n) is 2.09. The highest BCUT2D eigenvalue weighted by Crippen LogP contribution is 2.05. The van der Waals surface area contributed by atoms with E-state index in [0.29, 0.717) is 19.5 Å². The summed E-state index contributed by atoms with van der Waals surface area (Å²) in [6, 6.07) is 0. The first-order valence-corrected chi connectivity index (χ1v) is 4.97. The summed E-state index contributed by atoms with van der Waals surface area (Å²) in [5.74, 6) is 2.53. The van der Waals surface area contributed by atoms with E-state index in [0.717, 1.165) is 6.42 Å². The molecule has 0 unspecified atom stereocenters. The van der Waals surface area contributed by atoms with Gasteiger partial charge < -0.3 is 10.6 Å². The van der Waals surface area contributed by atoms with Crippen molar-refractivity contribution >= 4 is 5.91 Å². The fourth-order valence-corrected chi connectivity index (χ4v) is 0.872. The number of nitrogens with one attached hydrogen (secondary N) is 2. The molecule has 0 radical (unpaired) electrons. The molecule has 0 atom stereocenters. The summed E-state index contributed by atoms with van der Waals surface area (Å²) in [4.78, 5) is 11.4. The second-order valence-electron chi connectivity index (χ2n) is 3.92. The SMILES string of the molecule is C#CCCNCC(=O)NC(C)(C)CC. The minimum Gasteiger partial charge on any atom is -0.350 e. The third-order valence-corrected chi connectivity index (χ3v) is 2.09. The molecule has 0 aliphatic rings. The first-order valence-electron chi connectivity index (χ1n) is 4.97. The van der Waals surface area contributed by atoms with Crippen LogP contribution in [0, 0.1) is 12.3 Å². The maximum Gasteiger partial charge on any atom is 0.234 e. The van der Waals surface area contributed by atoms with Crippen molar-refractivity contribution in [1.82, 2.24) is 10.6 Å². The number of terminal acetylenes is 1. The molecule has 0 heterocycles. The Morgan fingerprint density at radius 1 is 1.50 bits per heavy atom. The van der Waals surface area contributed by atoms with Crippen molar-refractivity contribution in [3.8, 4) is 12.3 Å². The number of amides is 1. The Labute approximate surface area is 86.6 Å². The molecule has 2 N–H and O–H groups in total. The number of carbonyl (C=O) groups is 1. The molecule has 0 aromatic carbocycles. The van der Waals surface area contributed by atoms with E-state index in [1.54, 1.807) is 0 Å². The first kappa shape index (κ1) is 13.0. The Morgan fingerprint density at radius 3 is 2.64 bits per heavy atom. The molecule has 3 nitrogen and oxygen atoms in total. The van der Waals surface area contributed by atoms with Gasteiger partial charge in [-0.1, -0.05) is 6.92 Å². The number of carbonyl (C=O) groups excluding carboxylic acids is 1. The van der Waals surface area contributed by atoms with Gasteiger partial charge in [-0.3, -0.25) is 4.79 Å². The van der Waals surface area contributed by atoms with Gasteiger partial charge in [0.25, 0.3) is 0 Å². The fourth-order valence-electron chi connectivity index (χ4n) is 0.872. The number of rotatable bonds is 6. The normalized spacial score (nSPS) is 10.7. The largest absolute Gasteiger partial charge is 0.350 e. The molecule has 0 aliphatic heterocycles. The lowest BCUT2D eigenvalue weighted by atomic mass is 10.0. The van der Waals surface area contributed by atoms with Crippen LogP contribution in [0.1, 0.15) is 33.6 Å². The lowest BCUT2D eigenvalue weighted by Crippen LogP contribution is -2.46. The van der Waals surface area contributed by atoms with Crippen LogP contribution in [0.2, 0.25) is 0 Å². The minimum atomic E-state index is -0.120. The summed E-state index contributed by atoms with van der Waals surface area (Å²) in [6.45, 7) is 7.09. The van der Waals surface area contributed by atoms with Gasteiger partial charge in [-0.05, 0) is 20.3 Å². The highest BCUT2D eigenvalue weighted by Gasteiger charge is 2.16. The van der Waals surface area contributed by atoms with Crippen molar-refractivity contribution in [2.24, 2.45) is 0 Å². The van der Waals surface area contributed by atoms with Gasteiger partial charge in [-0.15, -0.1) is 12.3 Å². The van der Waals surface area contributed by atoms with E-state index in [-0.39, 0.29) is 11.4 Å². The molecule has 0 aromatic rings. The van der Waals surface area contributed by atoms with E-state index < -0.39 is 0 Å². The van der Waals surface area contributed by atoms with Gasteiger partial charge in [0.1, 0.15) is 0 Å². The van der Waals surface area contributed by atoms with Crippen LogP contribution in [0.4, 0.5) is 0 Å². The molecule has 14 heavy (non-hydrogen) atoms. The van der Waals surface area contributed by atoms with Gasteiger partial charge in [-0.25, -0.2) is 0 Å². The topological polar surface area (TPSA) is 41.1 Å². The zero-order chi connectivity index (χ0) is 11.0. The van der Waals surface area contributed by atoms with Crippen LogP contribution in [0.25, 0.3) is 0 Å². The van der Waals surface area contributed by atoms with Crippen LogP contribution in [-0.4, -0.2) is 24.5 Å². The highest BCUT2D eigenvalue weighted by atomic mass is 16.2. The van der Waals surface area contributed by atoms with Gasteiger partial charge in [0.15, 0.2) is 0 Å². The Kier molecular flexibility index (Phi) is 5.98. The van der Waals surface area contributed by atoms with Gasteiger partial charge in [0, 0.05) is 18.5 Å². The summed E-state index contributed by atoms with van der Waals surface area (Å²) in [5.41, 5.74) is -0.120. The molecule has 80 valence electrons. The molecular formula is C11H20N2O. The molecule has 0 aliphatic carbocycles. The van der Waals surface area contributed by atoms with Gasteiger partial charge in [0.05, 0.1) is 6.54 Å². The molecule has 0 bridgehead atoms. The zero-order valence-corrected chi connectivity index (χ0v) is 9.31. The van der Waals surface area contributed by atoms with E-state index in [1.165, 1.54) is 0 Å². The molecule has 0 fully saturated rings. The minimum absolute atomic E-state index is 0.0221. The Bertz CT molecular complexity index is 216. The Balaban J connectivity index is 3.62. The molecule has 3 heteroatoms. The third kappa shape index (κ3) is 6.50. The fraction of sp³-hybridized carbons (Fsp3) is 0.727.